The third-order valence-corrected chi connectivity index (χ3v) is 3.42. The van der Waals surface area contributed by atoms with Crippen LogP contribution >= 0.6 is 11.3 Å². The molecule has 0 atom stereocenters. The van der Waals surface area contributed by atoms with Crippen LogP contribution in [0.3, 0.4) is 0 Å². The van der Waals surface area contributed by atoms with E-state index in [4.69, 9.17) is 0 Å². The van der Waals surface area contributed by atoms with Gasteiger partial charge in [-0.05, 0) is 25.1 Å². The molecule has 0 fully saturated rings. The van der Waals surface area contributed by atoms with Crippen molar-refractivity contribution in [1.82, 2.24) is 4.98 Å². The Hall–Kier alpha value is -1.95. The van der Waals surface area contributed by atoms with Crippen molar-refractivity contribution in [2.45, 2.75) is 13.5 Å². The largest absolute Gasteiger partial charge is 0.465 e. The Labute approximate surface area is 114 Å². The van der Waals surface area contributed by atoms with E-state index >= 15 is 0 Å². The van der Waals surface area contributed by atoms with Crippen molar-refractivity contribution < 1.29 is 13.9 Å². The number of esters is 1. The lowest BCUT2D eigenvalue weighted by Gasteiger charge is -2.09. The molecule has 0 saturated carbocycles. The van der Waals surface area contributed by atoms with Crippen molar-refractivity contribution in [1.29, 1.82) is 0 Å². The van der Waals surface area contributed by atoms with E-state index in [0.717, 1.165) is 16.0 Å². The van der Waals surface area contributed by atoms with Crippen LogP contribution in [0.2, 0.25) is 0 Å². The van der Waals surface area contributed by atoms with Gasteiger partial charge in [0.15, 0.2) is 0 Å². The summed E-state index contributed by atoms with van der Waals surface area (Å²) in [4.78, 5) is 16.7. The van der Waals surface area contributed by atoms with Gasteiger partial charge in [-0.15, -0.1) is 11.3 Å². The number of carbonyl (C=O) groups is 1. The van der Waals surface area contributed by atoms with Gasteiger partial charge < -0.3 is 10.1 Å². The number of ether oxygens (including phenoxy) is 1. The molecule has 0 saturated heterocycles. The third-order valence-electron chi connectivity index (χ3n) is 2.51. The number of nitrogens with zero attached hydrogens (tertiary/aromatic N) is 1. The van der Waals surface area contributed by atoms with Gasteiger partial charge in [0.05, 0.1) is 24.2 Å². The van der Waals surface area contributed by atoms with Crippen molar-refractivity contribution in [2.75, 3.05) is 12.4 Å². The van der Waals surface area contributed by atoms with Crippen molar-refractivity contribution in [2.24, 2.45) is 0 Å². The summed E-state index contributed by atoms with van der Waals surface area (Å²) in [5.41, 5.74) is 0.725. The Kier molecular flexibility index (Phi) is 4.11. The van der Waals surface area contributed by atoms with E-state index < -0.39 is 11.8 Å². The Bertz CT molecular complexity index is 598. The quantitative estimate of drug-likeness (QED) is 0.875. The number of nitrogens with one attached hydrogen (secondary N) is 1. The molecule has 0 bridgehead atoms. The minimum Gasteiger partial charge on any atom is -0.465 e. The zero-order chi connectivity index (χ0) is 13.8. The molecule has 1 aromatic carbocycles. The SMILES string of the molecule is COC(=O)c1cc(F)ccc1NCc1cnc(C)s1. The van der Waals surface area contributed by atoms with Crippen LogP contribution in [0.25, 0.3) is 0 Å². The van der Waals surface area contributed by atoms with Gasteiger partial charge in [-0.2, -0.15) is 0 Å². The second-order valence-corrected chi connectivity index (χ2v) is 5.20. The van der Waals surface area contributed by atoms with E-state index in [0.29, 0.717) is 12.2 Å². The third kappa shape index (κ3) is 3.29. The van der Waals surface area contributed by atoms with E-state index in [2.05, 4.69) is 15.0 Å². The molecule has 100 valence electrons. The van der Waals surface area contributed by atoms with Crippen molar-refractivity contribution in [3.05, 3.63) is 45.7 Å². The molecular formula is C13H13FN2O2S. The van der Waals surface area contributed by atoms with Gasteiger partial charge in [0.25, 0.3) is 0 Å². The number of carbonyl (C=O) groups excluding carboxylic acids is 1. The second kappa shape index (κ2) is 5.79. The maximum absolute atomic E-state index is 13.2. The molecule has 0 unspecified atom stereocenters. The zero-order valence-corrected chi connectivity index (χ0v) is 11.4. The van der Waals surface area contributed by atoms with Gasteiger partial charge in [0, 0.05) is 16.8 Å². The molecule has 1 N–H and O–H groups in total. The van der Waals surface area contributed by atoms with Crippen molar-refractivity contribution in [3.8, 4) is 0 Å². The number of aromatic nitrogens is 1. The van der Waals surface area contributed by atoms with Gasteiger partial charge in [0.2, 0.25) is 0 Å². The van der Waals surface area contributed by atoms with E-state index in [9.17, 15) is 9.18 Å². The predicted octanol–water partition coefficient (Wildman–Crippen LogP) is 2.99. The highest BCUT2D eigenvalue weighted by Gasteiger charge is 2.13. The fourth-order valence-corrected chi connectivity index (χ4v) is 2.35. The highest BCUT2D eigenvalue weighted by Crippen LogP contribution is 2.20. The highest BCUT2D eigenvalue weighted by atomic mass is 32.1. The molecule has 2 aromatic rings. The first-order valence-electron chi connectivity index (χ1n) is 5.63. The monoisotopic (exact) mass is 280 g/mol. The number of hydrogen-bond acceptors (Lipinski definition) is 5. The van der Waals surface area contributed by atoms with Crippen LogP contribution in [0, 0.1) is 12.7 Å². The van der Waals surface area contributed by atoms with E-state index in [1.54, 1.807) is 17.5 Å². The Morgan fingerprint density at radius 1 is 1.53 bits per heavy atom. The lowest BCUT2D eigenvalue weighted by atomic mass is 10.1. The first-order chi connectivity index (χ1) is 9.10. The van der Waals surface area contributed by atoms with Crippen LogP contribution in [0.1, 0.15) is 20.2 Å². The smallest absolute Gasteiger partial charge is 0.340 e. The Morgan fingerprint density at radius 3 is 2.95 bits per heavy atom. The van der Waals surface area contributed by atoms with E-state index in [1.165, 1.54) is 19.2 Å². The summed E-state index contributed by atoms with van der Waals surface area (Å²) >= 11 is 1.57. The molecule has 19 heavy (non-hydrogen) atoms. The summed E-state index contributed by atoms with van der Waals surface area (Å²) in [6, 6.07) is 3.98. The van der Waals surface area contributed by atoms with Crippen molar-refractivity contribution in [3.63, 3.8) is 0 Å². The molecule has 1 aromatic heterocycles. The Balaban J connectivity index is 2.17. The molecule has 4 nitrogen and oxygen atoms in total. The first kappa shape index (κ1) is 13.5. The second-order valence-electron chi connectivity index (χ2n) is 3.88. The molecule has 0 amide bonds. The van der Waals surface area contributed by atoms with Crippen LogP contribution in [-0.4, -0.2) is 18.1 Å². The lowest BCUT2D eigenvalue weighted by Crippen LogP contribution is -2.08. The summed E-state index contributed by atoms with van der Waals surface area (Å²) in [5, 5.41) is 4.06. The van der Waals surface area contributed by atoms with E-state index in [1.807, 2.05) is 6.92 Å². The van der Waals surface area contributed by atoms with Gasteiger partial charge in [-0.1, -0.05) is 0 Å². The number of halogens is 1. The number of rotatable bonds is 4. The fraction of sp³-hybridized carbons (Fsp3) is 0.231. The summed E-state index contributed by atoms with van der Waals surface area (Å²) in [6.45, 7) is 2.45. The van der Waals surface area contributed by atoms with Gasteiger partial charge in [0.1, 0.15) is 5.82 Å². The maximum Gasteiger partial charge on any atom is 0.340 e. The van der Waals surface area contributed by atoms with Crippen molar-refractivity contribution >= 4 is 23.0 Å². The number of benzene rings is 1. The molecule has 0 radical (unpaired) electrons. The van der Waals surface area contributed by atoms with Crippen LogP contribution in [0.4, 0.5) is 10.1 Å². The molecule has 6 heteroatoms. The predicted molar refractivity (Wildman–Crippen MR) is 71.9 cm³/mol. The fourth-order valence-electron chi connectivity index (χ4n) is 1.62. The molecule has 0 spiro atoms. The number of anilines is 1. The maximum atomic E-state index is 13.2. The zero-order valence-electron chi connectivity index (χ0n) is 10.6. The summed E-state index contributed by atoms with van der Waals surface area (Å²) in [6.07, 6.45) is 1.77. The minimum absolute atomic E-state index is 0.184. The highest BCUT2D eigenvalue weighted by molar-refractivity contribution is 7.11. The minimum atomic E-state index is -0.567. The normalized spacial score (nSPS) is 10.3. The molecule has 0 aliphatic heterocycles. The first-order valence-corrected chi connectivity index (χ1v) is 6.45. The molecule has 0 aliphatic carbocycles. The standard InChI is InChI=1S/C13H13FN2O2S/c1-8-15-6-10(19-8)7-16-12-4-3-9(14)5-11(12)13(17)18-2/h3-6,16H,7H2,1-2H3. The van der Waals surface area contributed by atoms with E-state index in [-0.39, 0.29) is 5.56 Å². The molecule has 1 heterocycles. The summed E-state index contributed by atoms with van der Waals surface area (Å²) in [7, 11) is 1.27. The number of hydrogen-bond donors (Lipinski definition) is 1. The van der Waals surface area contributed by atoms with Gasteiger partial charge >= 0.3 is 5.97 Å². The Morgan fingerprint density at radius 2 is 2.32 bits per heavy atom. The average molecular weight is 280 g/mol. The van der Waals surface area contributed by atoms with Gasteiger partial charge in [-0.3, -0.25) is 0 Å². The van der Waals surface area contributed by atoms with Crippen LogP contribution < -0.4 is 5.32 Å². The topological polar surface area (TPSA) is 51.2 Å². The average Bonchev–Trinajstić information content (AvgIpc) is 2.82. The summed E-state index contributed by atoms with van der Waals surface area (Å²) in [5.74, 6) is -1.04. The van der Waals surface area contributed by atoms with Crippen LogP contribution in [0.15, 0.2) is 24.4 Å². The summed E-state index contributed by atoms with van der Waals surface area (Å²) < 4.78 is 17.8. The number of aryl methyl sites for hydroxylation is 1. The van der Waals surface area contributed by atoms with Crippen LogP contribution in [0.5, 0.6) is 0 Å². The van der Waals surface area contributed by atoms with Crippen LogP contribution in [-0.2, 0) is 11.3 Å². The lowest BCUT2D eigenvalue weighted by molar-refractivity contribution is 0.0601. The number of methoxy groups -OCH3 is 1. The molecular weight excluding hydrogens is 267 g/mol. The molecule has 2 rings (SSSR count). The number of thiazole rings is 1. The molecule has 0 aliphatic rings. The van der Waals surface area contributed by atoms with Gasteiger partial charge in [-0.25, -0.2) is 14.2 Å².